The van der Waals surface area contributed by atoms with E-state index in [1.807, 2.05) is 0 Å². The fourth-order valence-corrected chi connectivity index (χ4v) is 1.38. The third-order valence-electron chi connectivity index (χ3n) is 1.43. The van der Waals surface area contributed by atoms with E-state index in [0.717, 1.165) is 6.20 Å². The van der Waals surface area contributed by atoms with Crippen LogP contribution in [0.5, 0.6) is 0 Å². The van der Waals surface area contributed by atoms with Gasteiger partial charge in [-0.2, -0.15) is 4.39 Å². The Morgan fingerprint density at radius 1 is 1.43 bits per heavy atom. The van der Waals surface area contributed by atoms with Crippen molar-refractivity contribution in [2.75, 3.05) is 0 Å². The molecular weight excluding hydrogens is 219 g/mol. The van der Waals surface area contributed by atoms with Crippen LogP contribution in [0.15, 0.2) is 12.3 Å². The van der Waals surface area contributed by atoms with Crippen molar-refractivity contribution in [1.82, 2.24) is 4.98 Å². The molecule has 0 aliphatic carbocycles. The topological polar surface area (TPSA) is 47.0 Å². The van der Waals surface area contributed by atoms with Crippen molar-refractivity contribution in [2.45, 2.75) is 5.50 Å². The maximum absolute atomic E-state index is 13.0. The van der Waals surface area contributed by atoms with Gasteiger partial charge >= 0.3 is 0 Å². The minimum absolute atomic E-state index is 0.663. The Morgan fingerprint density at radius 3 is 2.43 bits per heavy atom. The standard InChI is InChI=1S/C7H5F3NO2S/c1-14(12,13)7(10)5-4(8)2-3-11-6(5)9/h2-3,7H,1H2. The second kappa shape index (κ2) is 3.56. The van der Waals surface area contributed by atoms with E-state index in [-0.39, 0.29) is 0 Å². The summed E-state index contributed by atoms with van der Waals surface area (Å²) in [6.07, 6.45) is 3.23. The van der Waals surface area contributed by atoms with Crippen LogP contribution in [0.1, 0.15) is 11.1 Å². The van der Waals surface area contributed by atoms with Crippen molar-refractivity contribution in [1.29, 1.82) is 0 Å². The molecule has 0 amide bonds. The van der Waals surface area contributed by atoms with Crippen LogP contribution in [0.4, 0.5) is 13.2 Å². The van der Waals surface area contributed by atoms with Gasteiger partial charge in [0.15, 0.2) is 9.84 Å². The molecule has 14 heavy (non-hydrogen) atoms. The molecule has 7 heteroatoms. The number of halogens is 3. The molecule has 77 valence electrons. The van der Waals surface area contributed by atoms with Crippen molar-refractivity contribution < 1.29 is 21.6 Å². The van der Waals surface area contributed by atoms with E-state index in [4.69, 9.17) is 0 Å². The summed E-state index contributed by atoms with van der Waals surface area (Å²) in [5.74, 6) is -2.80. The van der Waals surface area contributed by atoms with Crippen LogP contribution in [0.2, 0.25) is 0 Å². The van der Waals surface area contributed by atoms with Gasteiger partial charge in [-0.1, -0.05) is 0 Å². The molecule has 1 aromatic rings. The van der Waals surface area contributed by atoms with Crippen LogP contribution in [0.3, 0.4) is 0 Å². The predicted octanol–water partition coefficient (Wildman–Crippen LogP) is 1.53. The van der Waals surface area contributed by atoms with E-state index in [1.165, 1.54) is 0 Å². The summed E-state index contributed by atoms with van der Waals surface area (Å²) in [6.45, 7) is 0. The van der Waals surface area contributed by atoms with Crippen LogP contribution >= 0.6 is 0 Å². The Bertz CT molecular complexity index is 426. The van der Waals surface area contributed by atoms with Gasteiger partial charge in [0.25, 0.3) is 0 Å². The zero-order valence-corrected chi connectivity index (χ0v) is 7.56. The molecule has 0 N–H and O–H groups in total. The summed E-state index contributed by atoms with van der Waals surface area (Å²) in [6, 6.07) is 0.663. The van der Waals surface area contributed by atoms with Crippen molar-refractivity contribution in [3.05, 3.63) is 35.8 Å². The normalized spacial score (nSPS) is 14.0. The summed E-state index contributed by atoms with van der Waals surface area (Å²) in [5.41, 5.74) is -4.07. The summed E-state index contributed by atoms with van der Waals surface area (Å²) in [4.78, 5) is 2.94. The van der Waals surface area contributed by atoms with Crippen LogP contribution in [-0.4, -0.2) is 13.4 Å². The second-order valence-corrected chi connectivity index (χ2v) is 4.22. The van der Waals surface area contributed by atoms with E-state index < -0.39 is 32.7 Å². The Labute approximate surface area is 78.5 Å². The lowest BCUT2D eigenvalue weighted by Gasteiger charge is -2.07. The molecular formula is C7H5F3NO2S. The molecule has 0 saturated carbocycles. The quantitative estimate of drug-likeness (QED) is 0.716. The lowest BCUT2D eigenvalue weighted by molar-refractivity contribution is 0.396. The highest BCUT2D eigenvalue weighted by molar-refractivity contribution is 7.92. The first kappa shape index (κ1) is 11.0. The Morgan fingerprint density at radius 2 is 2.00 bits per heavy atom. The predicted molar refractivity (Wildman–Crippen MR) is 42.3 cm³/mol. The number of hydrogen-bond donors (Lipinski definition) is 0. The lowest BCUT2D eigenvalue weighted by atomic mass is 10.3. The van der Waals surface area contributed by atoms with Crippen LogP contribution in [0.25, 0.3) is 0 Å². The minimum Gasteiger partial charge on any atom is -0.228 e. The van der Waals surface area contributed by atoms with Crippen molar-refractivity contribution in [3.63, 3.8) is 0 Å². The van der Waals surface area contributed by atoms with Gasteiger partial charge in [-0.15, -0.1) is 0 Å². The maximum Gasteiger partial charge on any atom is 0.233 e. The third-order valence-corrected chi connectivity index (χ3v) is 2.30. The Kier molecular flexibility index (Phi) is 2.79. The highest BCUT2D eigenvalue weighted by Crippen LogP contribution is 2.27. The van der Waals surface area contributed by atoms with Gasteiger partial charge in [0, 0.05) is 6.20 Å². The zero-order valence-electron chi connectivity index (χ0n) is 6.75. The molecule has 0 aliphatic heterocycles. The third kappa shape index (κ3) is 2.03. The number of nitrogens with zero attached hydrogens (tertiary/aromatic N) is 1. The van der Waals surface area contributed by atoms with Gasteiger partial charge in [-0.05, 0) is 6.07 Å². The van der Waals surface area contributed by atoms with Crippen LogP contribution in [0, 0.1) is 18.0 Å². The molecule has 1 aromatic heterocycles. The monoisotopic (exact) mass is 224 g/mol. The number of rotatable bonds is 2. The molecule has 0 aliphatic rings. The largest absolute Gasteiger partial charge is 0.233 e. The van der Waals surface area contributed by atoms with Crippen LogP contribution < -0.4 is 0 Å². The fourth-order valence-electron chi connectivity index (χ4n) is 0.808. The summed E-state index contributed by atoms with van der Waals surface area (Å²) >= 11 is 0. The smallest absolute Gasteiger partial charge is 0.228 e. The van der Waals surface area contributed by atoms with Gasteiger partial charge < -0.3 is 0 Å². The summed E-state index contributed by atoms with van der Waals surface area (Å²) < 4.78 is 59.7. The molecule has 3 nitrogen and oxygen atoms in total. The van der Waals surface area contributed by atoms with E-state index in [2.05, 4.69) is 11.2 Å². The molecule has 1 atom stereocenters. The number of alkyl halides is 1. The van der Waals surface area contributed by atoms with Gasteiger partial charge in [0.2, 0.25) is 11.5 Å². The molecule has 0 aromatic carbocycles. The first-order chi connectivity index (χ1) is 6.34. The fraction of sp³-hybridized carbons (Fsp3) is 0.143. The minimum atomic E-state index is -4.44. The Hall–Kier alpha value is -1.11. The zero-order chi connectivity index (χ0) is 10.9. The average molecular weight is 224 g/mol. The molecule has 0 bridgehead atoms. The van der Waals surface area contributed by atoms with E-state index in [1.54, 1.807) is 0 Å². The molecule has 0 spiro atoms. The van der Waals surface area contributed by atoms with E-state index >= 15 is 0 Å². The average Bonchev–Trinajstić information content (AvgIpc) is 2.01. The first-order valence-electron chi connectivity index (χ1n) is 3.35. The lowest BCUT2D eigenvalue weighted by Crippen LogP contribution is -2.09. The molecule has 0 fully saturated rings. The van der Waals surface area contributed by atoms with Gasteiger partial charge in [-0.3, -0.25) is 0 Å². The molecule has 0 saturated heterocycles. The Balaban J connectivity index is 3.33. The van der Waals surface area contributed by atoms with Gasteiger partial charge in [0.1, 0.15) is 5.82 Å². The van der Waals surface area contributed by atoms with Crippen molar-refractivity contribution >= 4 is 9.84 Å². The second-order valence-electron chi connectivity index (χ2n) is 2.48. The summed E-state index contributed by atoms with van der Waals surface area (Å²) in [5, 5.41) is 0. The van der Waals surface area contributed by atoms with E-state index in [9.17, 15) is 21.6 Å². The highest BCUT2D eigenvalue weighted by atomic mass is 32.2. The molecule has 1 rings (SSSR count). The number of aromatic nitrogens is 1. The molecule has 1 unspecified atom stereocenters. The number of sulfone groups is 1. The first-order valence-corrected chi connectivity index (χ1v) is 5.06. The molecule has 1 radical (unpaired) electrons. The maximum atomic E-state index is 13.0. The van der Waals surface area contributed by atoms with Gasteiger partial charge in [-0.25, -0.2) is 22.2 Å². The summed E-state index contributed by atoms with van der Waals surface area (Å²) in [7, 11) is -4.44. The van der Waals surface area contributed by atoms with E-state index in [0.29, 0.717) is 6.07 Å². The number of pyridine rings is 1. The van der Waals surface area contributed by atoms with Crippen LogP contribution in [-0.2, 0) is 9.84 Å². The molecule has 1 heterocycles. The number of hydrogen-bond acceptors (Lipinski definition) is 3. The van der Waals surface area contributed by atoms with Crippen molar-refractivity contribution in [2.24, 2.45) is 0 Å². The van der Waals surface area contributed by atoms with Crippen molar-refractivity contribution in [3.8, 4) is 0 Å². The SMILES string of the molecule is [CH2]S(=O)(=O)C(F)c1c(F)ccnc1F. The highest BCUT2D eigenvalue weighted by Gasteiger charge is 2.29. The van der Waals surface area contributed by atoms with Gasteiger partial charge in [0.05, 0.1) is 11.8 Å².